The molecule has 0 spiro atoms. The van der Waals surface area contributed by atoms with Crippen LogP contribution in [0.4, 0.5) is 0 Å². The van der Waals surface area contributed by atoms with Crippen LogP contribution >= 0.6 is 23.4 Å². The number of thioether (sulfide) groups is 1. The standard InChI is InChI=1S/C13H11ClN4S/c1-8-5-6-15-12-11(8)17-13(18-12)19-7-9-3-2-4-10(14)16-9/h2-6H,7H2,1H3,(H,15,17,18). The molecule has 6 heteroatoms. The smallest absolute Gasteiger partial charge is 0.178 e. The summed E-state index contributed by atoms with van der Waals surface area (Å²) < 4.78 is 0. The number of imidazole rings is 1. The van der Waals surface area contributed by atoms with Gasteiger partial charge >= 0.3 is 0 Å². The van der Waals surface area contributed by atoms with Gasteiger partial charge in [0.15, 0.2) is 10.8 Å². The van der Waals surface area contributed by atoms with Gasteiger partial charge in [-0.05, 0) is 30.7 Å². The monoisotopic (exact) mass is 290 g/mol. The van der Waals surface area contributed by atoms with Gasteiger partial charge in [0.25, 0.3) is 0 Å². The summed E-state index contributed by atoms with van der Waals surface area (Å²) in [7, 11) is 0. The molecule has 0 aliphatic carbocycles. The molecule has 0 radical (unpaired) electrons. The molecule has 0 fully saturated rings. The largest absolute Gasteiger partial charge is 0.331 e. The molecular weight excluding hydrogens is 280 g/mol. The molecule has 0 atom stereocenters. The number of pyridine rings is 2. The highest BCUT2D eigenvalue weighted by molar-refractivity contribution is 7.98. The van der Waals surface area contributed by atoms with Crippen LogP contribution in [0.3, 0.4) is 0 Å². The van der Waals surface area contributed by atoms with Gasteiger partial charge < -0.3 is 4.98 Å². The van der Waals surface area contributed by atoms with Crippen LogP contribution in [0.15, 0.2) is 35.6 Å². The molecule has 0 amide bonds. The van der Waals surface area contributed by atoms with Gasteiger partial charge in [-0.25, -0.2) is 15.0 Å². The van der Waals surface area contributed by atoms with Gasteiger partial charge in [-0.2, -0.15) is 0 Å². The van der Waals surface area contributed by atoms with Crippen molar-refractivity contribution in [2.75, 3.05) is 0 Å². The molecule has 0 unspecified atom stereocenters. The van der Waals surface area contributed by atoms with E-state index < -0.39 is 0 Å². The van der Waals surface area contributed by atoms with E-state index in [9.17, 15) is 0 Å². The third-order valence-corrected chi connectivity index (χ3v) is 3.83. The fourth-order valence-corrected chi connectivity index (χ4v) is 2.71. The molecule has 3 aromatic rings. The van der Waals surface area contributed by atoms with Crippen LogP contribution in [0.5, 0.6) is 0 Å². The van der Waals surface area contributed by atoms with Gasteiger partial charge in [0, 0.05) is 11.9 Å². The van der Waals surface area contributed by atoms with Crippen LogP contribution in [-0.4, -0.2) is 19.9 Å². The molecule has 0 aliphatic heterocycles. The molecule has 0 aromatic carbocycles. The van der Waals surface area contributed by atoms with Crippen LogP contribution in [-0.2, 0) is 5.75 Å². The number of nitrogens with one attached hydrogen (secondary N) is 1. The van der Waals surface area contributed by atoms with Gasteiger partial charge in [-0.15, -0.1) is 0 Å². The number of hydrogen-bond acceptors (Lipinski definition) is 4. The summed E-state index contributed by atoms with van der Waals surface area (Å²) in [5.41, 5.74) is 3.82. The van der Waals surface area contributed by atoms with Crippen LogP contribution in [0.1, 0.15) is 11.3 Å². The van der Waals surface area contributed by atoms with E-state index in [-0.39, 0.29) is 0 Å². The fraction of sp³-hybridized carbons (Fsp3) is 0.154. The van der Waals surface area contributed by atoms with E-state index in [0.29, 0.717) is 5.15 Å². The van der Waals surface area contributed by atoms with Crippen LogP contribution in [0.2, 0.25) is 5.15 Å². The molecule has 0 bridgehead atoms. The third-order valence-electron chi connectivity index (χ3n) is 2.71. The molecule has 0 saturated carbocycles. The average molecular weight is 291 g/mol. The molecule has 3 aromatic heterocycles. The van der Waals surface area contributed by atoms with E-state index in [0.717, 1.165) is 33.3 Å². The zero-order chi connectivity index (χ0) is 13.2. The van der Waals surface area contributed by atoms with Crippen molar-refractivity contribution in [3.05, 3.63) is 46.9 Å². The molecule has 4 nitrogen and oxygen atoms in total. The number of halogens is 1. The second-order valence-corrected chi connectivity index (χ2v) is 5.46. The Morgan fingerprint density at radius 3 is 2.95 bits per heavy atom. The summed E-state index contributed by atoms with van der Waals surface area (Å²) in [6, 6.07) is 7.58. The van der Waals surface area contributed by atoms with Gasteiger partial charge in [0.2, 0.25) is 0 Å². The number of aromatic amines is 1. The van der Waals surface area contributed by atoms with Crippen molar-refractivity contribution in [3.63, 3.8) is 0 Å². The topological polar surface area (TPSA) is 54.5 Å². The first-order valence-corrected chi connectivity index (χ1v) is 7.14. The summed E-state index contributed by atoms with van der Waals surface area (Å²) in [5.74, 6) is 0.722. The maximum Gasteiger partial charge on any atom is 0.178 e. The highest BCUT2D eigenvalue weighted by Crippen LogP contribution is 2.23. The molecule has 19 heavy (non-hydrogen) atoms. The first kappa shape index (κ1) is 12.4. The Morgan fingerprint density at radius 1 is 1.26 bits per heavy atom. The maximum absolute atomic E-state index is 5.86. The summed E-state index contributed by atoms with van der Waals surface area (Å²) in [5, 5.41) is 1.36. The first-order valence-electron chi connectivity index (χ1n) is 5.78. The summed E-state index contributed by atoms with van der Waals surface area (Å²) >= 11 is 7.45. The summed E-state index contributed by atoms with van der Waals surface area (Å²) in [6.07, 6.45) is 1.77. The third kappa shape index (κ3) is 2.72. The Bertz CT molecular complexity index is 725. The summed E-state index contributed by atoms with van der Waals surface area (Å²) in [6.45, 7) is 2.04. The SMILES string of the molecule is Cc1ccnc2nc(SCc3cccc(Cl)n3)[nH]c12. The number of fused-ring (bicyclic) bond motifs is 1. The lowest BCUT2D eigenvalue weighted by Crippen LogP contribution is -1.87. The number of rotatable bonds is 3. The number of aromatic nitrogens is 4. The van der Waals surface area contributed by atoms with Crippen molar-refractivity contribution in [1.29, 1.82) is 0 Å². The molecule has 96 valence electrons. The minimum atomic E-state index is 0.514. The van der Waals surface area contributed by atoms with Gasteiger partial charge in [0.05, 0.1) is 11.2 Å². The van der Waals surface area contributed by atoms with E-state index in [1.54, 1.807) is 24.0 Å². The Kier molecular flexibility index (Phi) is 3.40. The zero-order valence-electron chi connectivity index (χ0n) is 10.2. The number of hydrogen-bond donors (Lipinski definition) is 1. The lowest BCUT2D eigenvalue weighted by Gasteiger charge is -1.98. The van der Waals surface area contributed by atoms with Gasteiger partial charge in [-0.3, -0.25) is 0 Å². The highest BCUT2D eigenvalue weighted by atomic mass is 35.5. The van der Waals surface area contributed by atoms with Crippen LogP contribution in [0.25, 0.3) is 11.2 Å². The van der Waals surface area contributed by atoms with Crippen molar-refractivity contribution in [1.82, 2.24) is 19.9 Å². The Labute approximate surface area is 119 Å². The predicted molar refractivity (Wildman–Crippen MR) is 77.4 cm³/mol. The lowest BCUT2D eigenvalue weighted by atomic mass is 10.3. The zero-order valence-corrected chi connectivity index (χ0v) is 11.8. The summed E-state index contributed by atoms with van der Waals surface area (Å²) in [4.78, 5) is 16.2. The van der Waals surface area contributed by atoms with E-state index in [2.05, 4.69) is 19.9 Å². The second kappa shape index (κ2) is 5.19. The van der Waals surface area contributed by atoms with Crippen LogP contribution < -0.4 is 0 Å². The van der Waals surface area contributed by atoms with E-state index in [1.807, 2.05) is 25.1 Å². The van der Waals surface area contributed by atoms with E-state index in [1.165, 1.54) is 0 Å². The van der Waals surface area contributed by atoms with Crippen molar-refractivity contribution in [2.24, 2.45) is 0 Å². The number of nitrogens with zero attached hydrogens (tertiary/aromatic N) is 3. The molecule has 3 heterocycles. The van der Waals surface area contributed by atoms with Crippen molar-refractivity contribution >= 4 is 34.5 Å². The second-order valence-electron chi connectivity index (χ2n) is 4.11. The first-order chi connectivity index (χ1) is 9.22. The van der Waals surface area contributed by atoms with Crippen LogP contribution in [0, 0.1) is 6.92 Å². The minimum Gasteiger partial charge on any atom is -0.331 e. The van der Waals surface area contributed by atoms with Gasteiger partial charge in [-0.1, -0.05) is 29.4 Å². The fourth-order valence-electron chi connectivity index (χ4n) is 1.76. The van der Waals surface area contributed by atoms with Gasteiger partial charge in [0.1, 0.15) is 5.15 Å². The Hall–Kier alpha value is -1.59. The average Bonchev–Trinajstić information content (AvgIpc) is 2.81. The molecule has 0 saturated heterocycles. The number of H-pyrrole nitrogens is 1. The quantitative estimate of drug-likeness (QED) is 0.591. The molecular formula is C13H11ClN4S. The molecule has 3 rings (SSSR count). The van der Waals surface area contributed by atoms with E-state index >= 15 is 0 Å². The molecule has 1 N–H and O–H groups in total. The predicted octanol–water partition coefficient (Wildman–Crippen LogP) is 3.61. The molecule has 0 aliphatic rings. The minimum absolute atomic E-state index is 0.514. The Morgan fingerprint density at radius 2 is 2.16 bits per heavy atom. The lowest BCUT2D eigenvalue weighted by molar-refractivity contribution is 1.06. The van der Waals surface area contributed by atoms with Crippen molar-refractivity contribution in [3.8, 4) is 0 Å². The van der Waals surface area contributed by atoms with Crippen molar-refractivity contribution in [2.45, 2.75) is 17.8 Å². The van der Waals surface area contributed by atoms with Crippen molar-refractivity contribution < 1.29 is 0 Å². The van der Waals surface area contributed by atoms with E-state index in [4.69, 9.17) is 11.6 Å². The normalized spacial score (nSPS) is 11.1. The highest BCUT2D eigenvalue weighted by Gasteiger charge is 2.07. The number of aryl methyl sites for hydroxylation is 1. The maximum atomic E-state index is 5.86. The Balaban J connectivity index is 1.80.